The minimum Gasteiger partial charge on any atom is -0.478 e. The summed E-state index contributed by atoms with van der Waals surface area (Å²) < 4.78 is 0. The van der Waals surface area contributed by atoms with Crippen LogP contribution in [0.3, 0.4) is 0 Å². The Hall–Kier alpha value is -0.650. The van der Waals surface area contributed by atoms with Gasteiger partial charge in [-0.15, -0.1) is 0 Å². The van der Waals surface area contributed by atoms with Crippen LogP contribution in [0.25, 0.3) is 0 Å². The van der Waals surface area contributed by atoms with Crippen molar-refractivity contribution in [1.82, 2.24) is 0 Å². The monoisotopic (exact) mass is 163 g/mol. The Morgan fingerprint density at radius 3 is 2.45 bits per heavy atom. The van der Waals surface area contributed by atoms with Crippen LogP contribution in [-0.2, 0) is 4.79 Å². The molecular formula is C6H13NO4. The Kier molecular flexibility index (Phi) is 3.44. The van der Waals surface area contributed by atoms with Crippen molar-refractivity contribution in [1.29, 1.82) is 0 Å². The number of aliphatic hydroxyl groups excluding tert-OH is 1. The first kappa shape index (κ1) is 10.3. The number of hydrogen-bond donors (Lipinski definition) is 4. The summed E-state index contributed by atoms with van der Waals surface area (Å²) in [5.74, 6) is -1.61. The lowest BCUT2D eigenvalue weighted by atomic mass is 10.0. The quantitative estimate of drug-likeness (QED) is 0.393. The van der Waals surface area contributed by atoms with Crippen molar-refractivity contribution < 1.29 is 20.1 Å². The predicted octanol–water partition coefficient (Wildman–Crippen LogP) is -1.12. The Labute approximate surface area is 64.4 Å². The van der Waals surface area contributed by atoms with Crippen molar-refractivity contribution in [3.05, 3.63) is 0 Å². The fraction of sp³-hybridized carbons (Fsp3) is 0.833. The number of carboxylic acid groups (broad SMARTS) is 1. The highest BCUT2D eigenvalue weighted by molar-refractivity contribution is 5.76. The third-order valence-corrected chi connectivity index (χ3v) is 1.41. The second-order valence-corrected chi connectivity index (χ2v) is 2.43. The molecule has 11 heavy (non-hydrogen) atoms. The lowest BCUT2D eigenvalue weighted by Crippen LogP contribution is -2.57. The van der Waals surface area contributed by atoms with Crippen LogP contribution in [0.5, 0.6) is 0 Å². The molecule has 0 saturated heterocycles. The Morgan fingerprint density at radius 2 is 2.18 bits per heavy atom. The highest BCUT2D eigenvalue weighted by atomic mass is 16.4. The number of carboxylic acids is 1. The molecule has 0 saturated carbocycles. The minimum atomic E-state index is -2.52. The van der Waals surface area contributed by atoms with Gasteiger partial charge in [0.1, 0.15) is 6.10 Å². The maximum Gasteiger partial charge on any atom is 0.353 e. The third-order valence-electron chi connectivity index (χ3n) is 1.41. The van der Waals surface area contributed by atoms with E-state index in [1.807, 2.05) is 0 Å². The van der Waals surface area contributed by atoms with E-state index in [-0.39, 0.29) is 6.42 Å². The molecule has 0 heterocycles. The normalized spacial score (nSPS) is 18.9. The van der Waals surface area contributed by atoms with E-state index in [1.165, 1.54) is 0 Å². The van der Waals surface area contributed by atoms with Crippen molar-refractivity contribution in [2.75, 3.05) is 0 Å². The number of aliphatic carboxylic acids is 1. The Bertz CT molecular complexity index is 146. The zero-order valence-electron chi connectivity index (χ0n) is 6.32. The second kappa shape index (κ2) is 3.66. The van der Waals surface area contributed by atoms with E-state index in [1.54, 1.807) is 6.92 Å². The van der Waals surface area contributed by atoms with Crippen LogP contribution in [-0.4, -0.2) is 33.1 Å². The van der Waals surface area contributed by atoms with Crippen molar-refractivity contribution in [2.24, 2.45) is 5.73 Å². The first-order valence-corrected chi connectivity index (χ1v) is 3.35. The van der Waals surface area contributed by atoms with Gasteiger partial charge in [0, 0.05) is 0 Å². The lowest BCUT2D eigenvalue weighted by molar-refractivity contribution is -0.171. The van der Waals surface area contributed by atoms with E-state index >= 15 is 0 Å². The third kappa shape index (κ3) is 2.45. The van der Waals surface area contributed by atoms with E-state index in [4.69, 9.17) is 21.1 Å². The standard InChI is InChI=1S/C6H13NO4/c1-2-3-4(8)6(7,11)5(9)10/h4,8,11H,2-3,7H2,1H3,(H,9,10). The van der Waals surface area contributed by atoms with Gasteiger partial charge in [-0.25, -0.2) is 4.79 Å². The van der Waals surface area contributed by atoms with Crippen LogP contribution < -0.4 is 5.73 Å². The molecule has 5 heteroatoms. The summed E-state index contributed by atoms with van der Waals surface area (Å²) >= 11 is 0. The van der Waals surface area contributed by atoms with Crippen LogP contribution in [0.1, 0.15) is 19.8 Å². The molecule has 0 aromatic heterocycles. The predicted molar refractivity (Wildman–Crippen MR) is 37.7 cm³/mol. The van der Waals surface area contributed by atoms with Crippen LogP contribution in [0, 0.1) is 0 Å². The second-order valence-electron chi connectivity index (χ2n) is 2.43. The maximum atomic E-state index is 10.2. The molecule has 2 atom stereocenters. The maximum absolute atomic E-state index is 10.2. The van der Waals surface area contributed by atoms with Crippen LogP contribution in [0.15, 0.2) is 0 Å². The molecule has 0 spiro atoms. The molecule has 0 aliphatic heterocycles. The number of aliphatic hydroxyl groups is 2. The fourth-order valence-corrected chi connectivity index (χ4v) is 0.636. The van der Waals surface area contributed by atoms with Gasteiger partial charge in [0.15, 0.2) is 0 Å². The van der Waals surface area contributed by atoms with Gasteiger partial charge in [-0.1, -0.05) is 13.3 Å². The van der Waals surface area contributed by atoms with Crippen molar-refractivity contribution >= 4 is 5.97 Å². The fourth-order valence-electron chi connectivity index (χ4n) is 0.636. The minimum absolute atomic E-state index is 0.166. The highest BCUT2D eigenvalue weighted by Crippen LogP contribution is 2.08. The summed E-state index contributed by atoms with van der Waals surface area (Å²) in [6.45, 7) is 1.75. The van der Waals surface area contributed by atoms with E-state index in [2.05, 4.69) is 0 Å². The molecule has 0 bridgehead atoms. The number of rotatable bonds is 4. The molecule has 0 aromatic rings. The van der Waals surface area contributed by atoms with E-state index in [0.29, 0.717) is 6.42 Å². The van der Waals surface area contributed by atoms with Crippen molar-refractivity contribution in [3.63, 3.8) is 0 Å². The van der Waals surface area contributed by atoms with Crippen molar-refractivity contribution in [3.8, 4) is 0 Å². The molecule has 0 aromatic carbocycles. The highest BCUT2D eigenvalue weighted by Gasteiger charge is 2.38. The summed E-state index contributed by atoms with van der Waals surface area (Å²) in [6, 6.07) is 0. The molecule has 0 aliphatic carbocycles. The van der Waals surface area contributed by atoms with Crippen molar-refractivity contribution in [2.45, 2.75) is 31.6 Å². The first-order chi connectivity index (χ1) is 4.92. The van der Waals surface area contributed by atoms with Crippen LogP contribution >= 0.6 is 0 Å². The molecule has 2 unspecified atom stereocenters. The van der Waals surface area contributed by atoms with Gasteiger partial charge < -0.3 is 15.3 Å². The molecule has 66 valence electrons. The Morgan fingerprint density at radius 1 is 1.73 bits per heavy atom. The number of hydrogen-bond acceptors (Lipinski definition) is 4. The zero-order valence-corrected chi connectivity index (χ0v) is 6.32. The van der Waals surface area contributed by atoms with Gasteiger partial charge in [0.05, 0.1) is 0 Å². The average Bonchev–Trinajstić information content (AvgIpc) is 1.88. The molecule has 0 radical (unpaired) electrons. The largest absolute Gasteiger partial charge is 0.478 e. The molecule has 5 nitrogen and oxygen atoms in total. The molecule has 0 aliphatic rings. The number of carbonyl (C=O) groups is 1. The van der Waals surface area contributed by atoms with Gasteiger partial charge >= 0.3 is 5.97 Å². The van der Waals surface area contributed by atoms with Crippen LogP contribution in [0.4, 0.5) is 0 Å². The Balaban J connectivity index is 4.17. The molecule has 0 rings (SSSR count). The zero-order chi connectivity index (χ0) is 9.07. The van der Waals surface area contributed by atoms with Gasteiger partial charge in [-0.3, -0.25) is 5.73 Å². The summed E-state index contributed by atoms with van der Waals surface area (Å²) in [5.41, 5.74) is 2.38. The van der Waals surface area contributed by atoms with E-state index in [0.717, 1.165) is 0 Å². The van der Waals surface area contributed by atoms with Crippen LogP contribution in [0.2, 0.25) is 0 Å². The van der Waals surface area contributed by atoms with Gasteiger partial charge in [0.25, 0.3) is 0 Å². The summed E-state index contributed by atoms with van der Waals surface area (Å²) in [5, 5.41) is 26.2. The van der Waals surface area contributed by atoms with E-state index < -0.39 is 17.8 Å². The van der Waals surface area contributed by atoms with Gasteiger partial charge in [-0.05, 0) is 6.42 Å². The average molecular weight is 163 g/mol. The number of nitrogens with two attached hydrogens (primary N) is 1. The van der Waals surface area contributed by atoms with Gasteiger partial charge in [-0.2, -0.15) is 0 Å². The first-order valence-electron chi connectivity index (χ1n) is 3.35. The van der Waals surface area contributed by atoms with E-state index in [9.17, 15) is 4.79 Å². The smallest absolute Gasteiger partial charge is 0.353 e. The topological polar surface area (TPSA) is 104 Å². The molecule has 0 amide bonds. The SMILES string of the molecule is CCCC(O)C(N)(O)C(=O)O. The molecular weight excluding hydrogens is 150 g/mol. The van der Waals surface area contributed by atoms with Gasteiger partial charge in [0.2, 0.25) is 5.72 Å². The summed E-state index contributed by atoms with van der Waals surface area (Å²) in [4.78, 5) is 10.2. The summed E-state index contributed by atoms with van der Waals surface area (Å²) in [7, 11) is 0. The summed E-state index contributed by atoms with van der Waals surface area (Å²) in [6.07, 6.45) is -0.683. The molecule has 5 N–H and O–H groups in total. The lowest BCUT2D eigenvalue weighted by Gasteiger charge is -2.23. The molecule has 0 fully saturated rings.